The summed E-state index contributed by atoms with van der Waals surface area (Å²) >= 11 is 0. The second-order valence-electron chi connectivity index (χ2n) is 7.26. The molecule has 1 aromatic carbocycles. The average Bonchev–Trinajstić information content (AvgIpc) is 3.00. The zero-order valence-electron chi connectivity index (χ0n) is 16.1. The van der Waals surface area contributed by atoms with Crippen LogP contribution in [-0.2, 0) is 12.8 Å². The van der Waals surface area contributed by atoms with Crippen LogP contribution < -0.4 is 19.7 Å². The van der Waals surface area contributed by atoms with Gasteiger partial charge in [-0.1, -0.05) is 6.07 Å². The molecule has 7 heteroatoms. The van der Waals surface area contributed by atoms with Crippen molar-refractivity contribution in [3.63, 3.8) is 0 Å². The molecule has 0 spiro atoms. The number of benzene rings is 1. The van der Waals surface area contributed by atoms with E-state index in [9.17, 15) is 0 Å². The van der Waals surface area contributed by atoms with E-state index in [1.165, 1.54) is 17.1 Å². The molecule has 3 aromatic rings. The van der Waals surface area contributed by atoms with Gasteiger partial charge >= 0.3 is 0 Å². The number of anilines is 1. The van der Waals surface area contributed by atoms with Gasteiger partial charge in [0.25, 0.3) is 0 Å². The highest BCUT2D eigenvalue weighted by molar-refractivity contribution is 5.59. The van der Waals surface area contributed by atoms with Gasteiger partial charge in [-0.25, -0.2) is 4.98 Å². The molecule has 1 fully saturated rings. The number of rotatable bonds is 5. The third kappa shape index (κ3) is 3.16. The van der Waals surface area contributed by atoms with Crippen molar-refractivity contribution in [2.24, 2.45) is 0 Å². The maximum absolute atomic E-state index is 6.17. The van der Waals surface area contributed by atoms with Crippen LogP contribution in [0.3, 0.4) is 0 Å². The minimum absolute atomic E-state index is 0.162. The fourth-order valence-electron chi connectivity index (χ4n) is 4.02. The Balaban J connectivity index is 1.36. The van der Waals surface area contributed by atoms with Crippen molar-refractivity contribution in [2.75, 3.05) is 37.7 Å². The van der Waals surface area contributed by atoms with E-state index < -0.39 is 0 Å². The monoisotopic (exact) mass is 379 g/mol. The summed E-state index contributed by atoms with van der Waals surface area (Å²) in [6, 6.07) is 9.86. The lowest BCUT2D eigenvalue weighted by Crippen LogP contribution is -2.55. The standard InChI is InChI=1S/C21H25N5O2/c1-2-27-15-4-3-5-16(12-15)28-17-13-25(14-17)21-18-6-9-22-10-7-19(18)24-20-8-11-23-26(20)21/h3-5,8,11-12,17,22H,2,6-7,9-10,13-14H2,1H3. The molecular formula is C21H25N5O2. The first kappa shape index (κ1) is 17.3. The number of nitrogens with one attached hydrogen (secondary N) is 1. The van der Waals surface area contributed by atoms with Gasteiger partial charge in [-0.3, -0.25) is 0 Å². The quantitative estimate of drug-likeness (QED) is 0.732. The van der Waals surface area contributed by atoms with Crippen molar-refractivity contribution < 1.29 is 9.47 Å². The van der Waals surface area contributed by atoms with Gasteiger partial charge in [-0.05, 0) is 32.0 Å². The summed E-state index contributed by atoms with van der Waals surface area (Å²) in [6.07, 6.45) is 3.93. The Labute approximate surface area is 164 Å². The van der Waals surface area contributed by atoms with Crippen LogP contribution in [0.5, 0.6) is 11.5 Å². The van der Waals surface area contributed by atoms with E-state index in [2.05, 4.69) is 15.3 Å². The molecule has 1 N–H and O–H groups in total. The molecule has 0 aliphatic carbocycles. The number of ether oxygens (including phenoxy) is 2. The van der Waals surface area contributed by atoms with Crippen LogP contribution in [0.25, 0.3) is 5.65 Å². The zero-order chi connectivity index (χ0) is 18.9. The Kier molecular flexibility index (Phi) is 4.52. The first-order valence-electron chi connectivity index (χ1n) is 10.0. The molecule has 0 unspecified atom stereocenters. The zero-order valence-corrected chi connectivity index (χ0v) is 16.1. The smallest absolute Gasteiger partial charge is 0.157 e. The van der Waals surface area contributed by atoms with Crippen LogP contribution >= 0.6 is 0 Å². The topological polar surface area (TPSA) is 63.9 Å². The van der Waals surface area contributed by atoms with Crippen molar-refractivity contribution in [3.05, 3.63) is 47.8 Å². The molecule has 146 valence electrons. The van der Waals surface area contributed by atoms with Gasteiger partial charge < -0.3 is 19.7 Å². The summed E-state index contributed by atoms with van der Waals surface area (Å²) in [4.78, 5) is 7.20. The molecule has 5 rings (SSSR count). The summed E-state index contributed by atoms with van der Waals surface area (Å²) in [7, 11) is 0. The summed E-state index contributed by atoms with van der Waals surface area (Å²) in [5, 5.41) is 8.01. The van der Waals surface area contributed by atoms with E-state index in [1.54, 1.807) is 0 Å². The average molecular weight is 379 g/mol. The van der Waals surface area contributed by atoms with E-state index >= 15 is 0 Å². The molecule has 0 atom stereocenters. The maximum Gasteiger partial charge on any atom is 0.157 e. The van der Waals surface area contributed by atoms with E-state index in [-0.39, 0.29) is 6.10 Å². The van der Waals surface area contributed by atoms with Crippen LogP contribution in [-0.4, -0.2) is 53.5 Å². The molecule has 7 nitrogen and oxygen atoms in total. The molecular weight excluding hydrogens is 354 g/mol. The van der Waals surface area contributed by atoms with Gasteiger partial charge in [-0.2, -0.15) is 9.61 Å². The minimum atomic E-state index is 0.162. The van der Waals surface area contributed by atoms with E-state index in [1.807, 2.05) is 48.0 Å². The van der Waals surface area contributed by atoms with Crippen LogP contribution in [0, 0.1) is 0 Å². The fraction of sp³-hybridized carbons (Fsp3) is 0.429. The van der Waals surface area contributed by atoms with Crippen LogP contribution in [0.15, 0.2) is 36.5 Å². The molecule has 28 heavy (non-hydrogen) atoms. The summed E-state index contributed by atoms with van der Waals surface area (Å²) in [6.45, 7) is 6.29. The van der Waals surface area contributed by atoms with Crippen molar-refractivity contribution in [3.8, 4) is 11.5 Å². The Morgan fingerprint density at radius 3 is 2.89 bits per heavy atom. The van der Waals surface area contributed by atoms with Crippen molar-refractivity contribution >= 4 is 11.5 Å². The second-order valence-corrected chi connectivity index (χ2v) is 7.26. The Bertz CT molecular complexity index is 980. The SMILES string of the molecule is CCOc1cccc(OC2CN(c3c4c(nc5ccnn35)CCNCC4)C2)c1. The molecule has 4 heterocycles. The predicted molar refractivity (Wildman–Crippen MR) is 108 cm³/mol. The largest absolute Gasteiger partial charge is 0.494 e. The number of fused-ring (bicyclic) bond motifs is 2. The van der Waals surface area contributed by atoms with Gasteiger partial charge in [0.05, 0.1) is 31.6 Å². The lowest BCUT2D eigenvalue weighted by Gasteiger charge is -2.41. The number of hydrogen-bond acceptors (Lipinski definition) is 6. The Hall–Kier alpha value is -2.80. The fourth-order valence-corrected chi connectivity index (χ4v) is 4.02. The normalized spacial score (nSPS) is 17.1. The Morgan fingerprint density at radius 2 is 2.00 bits per heavy atom. The second kappa shape index (κ2) is 7.31. The molecule has 0 radical (unpaired) electrons. The van der Waals surface area contributed by atoms with E-state index in [4.69, 9.17) is 14.5 Å². The molecule has 2 aromatic heterocycles. The molecule has 2 aliphatic rings. The van der Waals surface area contributed by atoms with Gasteiger partial charge in [0, 0.05) is 30.7 Å². The summed E-state index contributed by atoms with van der Waals surface area (Å²) in [5.74, 6) is 2.88. The number of hydrogen-bond donors (Lipinski definition) is 1. The van der Waals surface area contributed by atoms with Gasteiger partial charge in [0.2, 0.25) is 0 Å². The highest BCUT2D eigenvalue weighted by Gasteiger charge is 2.33. The third-order valence-electron chi connectivity index (χ3n) is 5.35. The molecule has 2 aliphatic heterocycles. The van der Waals surface area contributed by atoms with Crippen LogP contribution in [0.2, 0.25) is 0 Å². The third-order valence-corrected chi connectivity index (χ3v) is 5.35. The van der Waals surface area contributed by atoms with Crippen molar-refractivity contribution in [2.45, 2.75) is 25.9 Å². The first-order chi connectivity index (χ1) is 13.8. The highest BCUT2D eigenvalue weighted by atomic mass is 16.5. The van der Waals surface area contributed by atoms with E-state index in [0.29, 0.717) is 6.61 Å². The van der Waals surface area contributed by atoms with Crippen LogP contribution in [0.1, 0.15) is 18.2 Å². The van der Waals surface area contributed by atoms with Gasteiger partial charge in [-0.15, -0.1) is 0 Å². The lowest BCUT2D eigenvalue weighted by molar-refractivity contribution is 0.165. The van der Waals surface area contributed by atoms with Gasteiger partial charge in [0.15, 0.2) is 5.65 Å². The minimum Gasteiger partial charge on any atom is -0.494 e. The van der Waals surface area contributed by atoms with Gasteiger partial charge in [0.1, 0.15) is 23.4 Å². The summed E-state index contributed by atoms with van der Waals surface area (Å²) < 4.78 is 13.7. The number of aromatic nitrogens is 3. The summed E-state index contributed by atoms with van der Waals surface area (Å²) in [5.41, 5.74) is 3.43. The maximum atomic E-state index is 6.17. The van der Waals surface area contributed by atoms with Crippen molar-refractivity contribution in [1.29, 1.82) is 0 Å². The Morgan fingerprint density at radius 1 is 1.14 bits per heavy atom. The molecule has 0 saturated carbocycles. The first-order valence-corrected chi connectivity index (χ1v) is 10.0. The number of nitrogens with zero attached hydrogens (tertiary/aromatic N) is 4. The molecule has 0 amide bonds. The molecule has 1 saturated heterocycles. The lowest BCUT2D eigenvalue weighted by atomic mass is 10.1. The molecule has 0 bridgehead atoms. The van der Waals surface area contributed by atoms with Crippen LogP contribution in [0.4, 0.5) is 5.82 Å². The van der Waals surface area contributed by atoms with E-state index in [0.717, 1.165) is 56.2 Å². The van der Waals surface area contributed by atoms with Crippen molar-refractivity contribution in [1.82, 2.24) is 19.9 Å². The highest BCUT2D eigenvalue weighted by Crippen LogP contribution is 2.31. The predicted octanol–water partition coefficient (Wildman–Crippen LogP) is 2.08.